The molecule has 2 rings (SSSR count). The van der Waals surface area contributed by atoms with E-state index in [1.54, 1.807) is 11.3 Å². The molecule has 0 amide bonds. The standard InChI is InChI=1S/C15H19ClN2S/c1-4-15(17,5-2)14-18-13(10(3)19-14)11-6-8-12(16)9-7-11/h6-9H,4-5,17H2,1-3H3. The molecule has 0 spiro atoms. The highest BCUT2D eigenvalue weighted by atomic mass is 35.5. The Morgan fingerprint density at radius 1 is 1.21 bits per heavy atom. The number of aromatic nitrogens is 1. The number of hydrogen-bond donors (Lipinski definition) is 1. The normalized spacial score (nSPS) is 11.8. The van der Waals surface area contributed by atoms with E-state index in [2.05, 4.69) is 20.8 Å². The van der Waals surface area contributed by atoms with Crippen LogP contribution in [0.1, 0.15) is 36.6 Å². The van der Waals surface area contributed by atoms with Gasteiger partial charge in [0, 0.05) is 15.5 Å². The van der Waals surface area contributed by atoms with Gasteiger partial charge in [-0.1, -0.05) is 37.6 Å². The molecular weight excluding hydrogens is 276 g/mol. The fourth-order valence-electron chi connectivity index (χ4n) is 2.04. The zero-order valence-corrected chi connectivity index (χ0v) is 13.1. The fourth-order valence-corrected chi connectivity index (χ4v) is 3.34. The molecule has 102 valence electrons. The zero-order chi connectivity index (χ0) is 14.0. The van der Waals surface area contributed by atoms with Crippen LogP contribution in [0.15, 0.2) is 24.3 Å². The van der Waals surface area contributed by atoms with Gasteiger partial charge in [0.1, 0.15) is 5.01 Å². The van der Waals surface area contributed by atoms with Gasteiger partial charge in [0.25, 0.3) is 0 Å². The SMILES string of the molecule is CCC(N)(CC)c1nc(-c2ccc(Cl)cc2)c(C)s1. The minimum atomic E-state index is -0.305. The molecule has 0 aliphatic heterocycles. The summed E-state index contributed by atoms with van der Waals surface area (Å²) in [7, 11) is 0. The lowest BCUT2D eigenvalue weighted by Crippen LogP contribution is -2.34. The Labute approximate surface area is 123 Å². The first-order valence-corrected chi connectivity index (χ1v) is 7.72. The Hall–Kier alpha value is -0.900. The van der Waals surface area contributed by atoms with E-state index in [-0.39, 0.29) is 5.54 Å². The molecule has 0 bridgehead atoms. The first-order valence-electron chi connectivity index (χ1n) is 6.53. The van der Waals surface area contributed by atoms with Crippen LogP contribution in [0.2, 0.25) is 5.02 Å². The lowest BCUT2D eigenvalue weighted by Gasteiger charge is -2.23. The topological polar surface area (TPSA) is 38.9 Å². The summed E-state index contributed by atoms with van der Waals surface area (Å²) in [5.41, 5.74) is 8.24. The molecule has 0 aliphatic carbocycles. The van der Waals surface area contributed by atoms with Crippen LogP contribution >= 0.6 is 22.9 Å². The van der Waals surface area contributed by atoms with Crippen molar-refractivity contribution in [2.75, 3.05) is 0 Å². The molecule has 4 heteroatoms. The maximum atomic E-state index is 6.43. The lowest BCUT2D eigenvalue weighted by atomic mass is 9.95. The summed E-state index contributed by atoms with van der Waals surface area (Å²) in [5.74, 6) is 0. The van der Waals surface area contributed by atoms with Gasteiger partial charge in [0.15, 0.2) is 0 Å². The average Bonchev–Trinajstić information content (AvgIpc) is 2.81. The van der Waals surface area contributed by atoms with Crippen molar-refractivity contribution in [2.45, 2.75) is 39.2 Å². The van der Waals surface area contributed by atoms with Crippen LogP contribution in [0, 0.1) is 6.92 Å². The highest BCUT2D eigenvalue weighted by molar-refractivity contribution is 7.12. The number of aryl methyl sites for hydroxylation is 1. The molecule has 1 aromatic carbocycles. The van der Waals surface area contributed by atoms with Crippen LogP contribution in [0.3, 0.4) is 0 Å². The van der Waals surface area contributed by atoms with Crippen LogP contribution in [0.5, 0.6) is 0 Å². The number of nitrogens with zero attached hydrogens (tertiary/aromatic N) is 1. The molecule has 2 N–H and O–H groups in total. The minimum absolute atomic E-state index is 0.305. The predicted molar refractivity (Wildman–Crippen MR) is 83.7 cm³/mol. The molecule has 0 saturated heterocycles. The quantitative estimate of drug-likeness (QED) is 0.884. The van der Waals surface area contributed by atoms with Crippen molar-refractivity contribution in [3.05, 3.63) is 39.2 Å². The van der Waals surface area contributed by atoms with Crippen molar-refractivity contribution in [3.63, 3.8) is 0 Å². The third-order valence-electron chi connectivity index (χ3n) is 3.60. The summed E-state index contributed by atoms with van der Waals surface area (Å²) >= 11 is 7.62. The smallest absolute Gasteiger partial charge is 0.113 e. The van der Waals surface area contributed by atoms with E-state index < -0.39 is 0 Å². The van der Waals surface area contributed by atoms with Crippen LogP contribution in [0.4, 0.5) is 0 Å². The van der Waals surface area contributed by atoms with Gasteiger partial charge in [0.2, 0.25) is 0 Å². The monoisotopic (exact) mass is 294 g/mol. The number of hydrogen-bond acceptors (Lipinski definition) is 3. The zero-order valence-electron chi connectivity index (χ0n) is 11.5. The third-order valence-corrected chi connectivity index (χ3v) is 5.04. The Morgan fingerprint density at radius 3 is 2.32 bits per heavy atom. The second-order valence-corrected chi connectivity index (χ2v) is 6.43. The first-order chi connectivity index (χ1) is 9.00. The molecule has 2 nitrogen and oxygen atoms in total. The minimum Gasteiger partial charge on any atom is -0.319 e. The number of halogens is 1. The fraction of sp³-hybridized carbons (Fsp3) is 0.400. The van der Waals surface area contributed by atoms with Gasteiger partial charge in [0.05, 0.1) is 11.2 Å². The second-order valence-electron chi connectivity index (χ2n) is 4.79. The van der Waals surface area contributed by atoms with E-state index in [1.165, 1.54) is 4.88 Å². The largest absolute Gasteiger partial charge is 0.319 e. The van der Waals surface area contributed by atoms with Crippen LogP contribution in [-0.4, -0.2) is 4.98 Å². The van der Waals surface area contributed by atoms with Crippen molar-refractivity contribution in [1.29, 1.82) is 0 Å². The van der Waals surface area contributed by atoms with E-state index in [0.717, 1.165) is 34.1 Å². The summed E-state index contributed by atoms with van der Waals surface area (Å²) < 4.78 is 0. The predicted octanol–water partition coefficient (Wildman–Crippen LogP) is 4.75. The van der Waals surface area contributed by atoms with Crippen molar-refractivity contribution < 1.29 is 0 Å². The molecule has 0 aliphatic rings. The molecule has 19 heavy (non-hydrogen) atoms. The molecule has 1 aromatic heterocycles. The van der Waals surface area contributed by atoms with Crippen LogP contribution < -0.4 is 5.73 Å². The summed E-state index contributed by atoms with van der Waals surface area (Å²) in [6.07, 6.45) is 1.80. The van der Waals surface area contributed by atoms with Crippen molar-refractivity contribution >= 4 is 22.9 Å². The number of nitrogens with two attached hydrogens (primary N) is 1. The van der Waals surface area contributed by atoms with Crippen LogP contribution in [0.25, 0.3) is 11.3 Å². The van der Waals surface area contributed by atoms with E-state index in [4.69, 9.17) is 22.3 Å². The Bertz CT molecular complexity index is 556. The van der Waals surface area contributed by atoms with Gasteiger partial charge >= 0.3 is 0 Å². The maximum Gasteiger partial charge on any atom is 0.113 e. The second kappa shape index (κ2) is 5.61. The first kappa shape index (κ1) is 14.5. The maximum absolute atomic E-state index is 6.43. The molecule has 1 heterocycles. The van der Waals surface area contributed by atoms with E-state index in [9.17, 15) is 0 Å². The summed E-state index contributed by atoms with van der Waals surface area (Å²) in [6, 6.07) is 7.80. The van der Waals surface area contributed by atoms with Crippen molar-refractivity contribution in [3.8, 4) is 11.3 Å². The molecule has 0 radical (unpaired) electrons. The highest BCUT2D eigenvalue weighted by Gasteiger charge is 2.27. The average molecular weight is 295 g/mol. The summed E-state index contributed by atoms with van der Waals surface area (Å²) in [5, 5.41) is 1.77. The molecular formula is C15H19ClN2S. The Morgan fingerprint density at radius 2 is 1.79 bits per heavy atom. The molecule has 2 aromatic rings. The van der Waals surface area contributed by atoms with Gasteiger partial charge in [-0.2, -0.15) is 0 Å². The number of rotatable bonds is 4. The van der Waals surface area contributed by atoms with Gasteiger partial charge in [-0.15, -0.1) is 11.3 Å². The molecule has 0 saturated carbocycles. The Balaban J connectivity index is 2.44. The van der Waals surface area contributed by atoms with Gasteiger partial charge in [-0.25, -0.2) is 4.98 Å². The number of benzene rings is 1. The van der Waals surface area contributed by atoms with Gasteiger partial charge in [-0.3, -0.25) is 0 Å². The lowest BCUT2D eigenvalue weighted by molar-refractivity contribution is 0.411. The Kier molecular flexibility index (Phi) is 4.29. The number of thiazole rings is 1. The van der Waals surface area contributed by atoms with Crippen LogP contribution in [-0.2, 0) is 5.54 Å². The summed E-state index contributed by atoms with van der Waals surface area (Å²) in [4.78, 5) is 5.98. The molecule has 0 unspecified atom stereocenters. The van der Waals surface area contributed by atoms with E-state index in [0.29, 0.717) is 0 Å². The molecule has 0 atom stereocenters. The van der Waals surface area contributed by atoms with Gasteiger partial charge < -0.3 is 5.73 Å². The third kappa shape index (κ3) is 2.83. The van der Waals surface area contributed by atoms with E-state index >= 15 is 0 Å². The highest BCUT2D eigenvalue weighted by Crippen LogP contribution is 2.35. The van der Waals surface area contributed by atoms with Crippen molar-refractivity contribution in [2.24, 2.45) is 5.73 Å². The van der Waals surface area contributed by atoms with Crippen molar-refractivity contribution in [1.82, 2.24) is 4.98 Å². The van der Waals surface area contributed by atoms with E-state index in [1.807, 2.05) is 24.3 Å². The summed E-state index contributed by atoms with van der Waals surface area (Å²) in [6.45, 7) is 6.32. The van der Waals surface area contributed by atoms with Gasteiger partial charge in [-0.05, 0) is 31.9 Å². The molecule has 0 fully saturated rings.